The minimum atomic E-state index is -4.79. The van der Waals surface area contributed by atoms with Crippen molar-refractivity contribution in [1.29, 1.82) is 0 Å². The molecule has 0 aliphatic rings. The number of hydrogen-bond donors (Lipinski definition) is 3. The number of carbonyl (C=O) groups excluding carboxylic acids is 1. The summed E-state index contributed by atoms with van der Waals surface area (Å²) in [6.07, 6.45) is -4.79. The topological polar surface area (TPSA) is 92.7 Å². The van der Waals surface area contributed by atoms with Gasteiger partial charge < -0.3 is 19.9 Å². The molecule has 1 aromatic heterocycles. The van der Waals surface area contributed by atoms with Crippen molar-refractivity contribution in [2.45, 2.75) is 6.36 Å². The van der Waals surface area contributed by atoms with E-state index < -0.39 is 12.4 Å². The molecule has 142 valence electrons. The van der Waals surface area contributed by atoms with Crippen LogP contribution in [0.3, 0.4) is 0 Å². The fourth-order valence-corrected chi connectivity index (χ4v) is 3.07. The van der Waals surface area contributed by atoms with Gasteiger partial charge in [-0.05, 0) is 24.3 Å². The Morgan fingerprint density at radius 1 is 1.19 bits per heavy atom. The lowest BCUT2D eigenvalue weighted by molar-refractivity contribution is -0.274. The molecule has 0 radical (unpaired) electrons. The zero-order valence-corrected chi connectivity index (χ0v) is 14.4. The van der Waals surface area contributed by atoms with Crippen LogP contribution in [0.15, 0.2) is 36.4 Å². The summed E-state index contributed by atoms with van der Waals surface area (Å²) in [5.41, 5.74) is 0.722. The van der Waals surface area contributed by atoms with Crippen LogP contribution in [0.2, 0.25) is 0 Å². The van der Waals surface area contributed by atoms with E-state index in [1.807, 2.05) is 0 Å². The second-order valence-electron chi connectivity index (χ2n) is 5.16. The van der Waals surface area contributed by atoms with Gasteiger partial charge in [0, 0.05) is 17.8 Å². The summed E-state index contributed by atoms with van der Waals surface area (Å²) in [5.74, 6) is -0.264. The molecule has 27 heavy (non-hydrogen) atoms. The summed E-state index contributed by atoms with van der Waals surface area (Å²) in [6, 6.07) is 7.35. The van der Waals surface area contributed by atoms with Gasteiger partial charge in [0.2, 0.25) is 0 Å². The summed E-state index contributed by atoms with van der Waals surface area (Å²) in [7, 11) is 1.40. The third kappa shape index (κ3) is 4.70. The Morgan fingerprint density at radius 3 is 2.63 bits per heavy atom. The smallest absolute Gasteiger partial charge is 0.504 e. The summed E-state index contributed by atoms with van der Waals surface area (Å²) >= 11 is 0.986. The highest BCUT2D eigenvalue weighted by atomic mass is 32.1. The predicted molar refractivity (Wildman–Crippen MR) is 93.6 cm³/mol. The molecule has 3 N–H and O–H groups in total. The molecule has 1 heterocycles. The van der Waals surface area contributed by atoms with Crippen molar-refractivity contribution < 1.29 is 32.5 Å². The van der Waals surface area contributed by atoms with E-state index in [9.17, 15) is 23.1 Å². The Balaban J connectivity index is 1.70. The lowest BCUT2D eigenvalue weighted by Gasteiger charge is -2.08. The third-order valence-corrected chi connectivity index (χ3v) is 4.18. The number of amides is 2. The largest absolute Gasteiger partial charge is 0.573 e. The number of anilines is 2. The van der Waals surface area contributed by atoms with Crippen LogP contribution in [0.4, 0.5) is 28.8 Å². The SMILES string of the molecule is COc1ccc(NC(=O)Nc2nc3ccc(OC(F)(F)F)cc3s2)cc1O. The molecule has 7 nitrogen and oxygen atoms in total. The number of ether oxygens (including phenoxy) is 2. The number of rotatable bonds is 4. The van der Waals surface area contributed by atoms with Crippen LogP contribution in [-0.4, -0.2) is 29.6 Å². The fraction of sp³-hybridized carbons (Fsp3) is 0.125. The number of benzene rings is 2. The van der Waals surface area contributed by atoms with Crippen LogP contribution in [0.5, 0.6) is 17.2 Å². The first kappa shape index (κ1) is 18.6. The van der Waals surface area contributed by atoms with E-state index in [0.717, 1.165) is 17.4 Å². The maximum atomic E-state index is 12.3. The number of aromatic hydroxyl groups is 1. The number of phenols is 1. The van der Waals surface area contributed by atoms with Crippen LogP contribution in [0, 0.1) is 0 Å². The molecule has 11 heteroatoms. The van der Waals surface area contributed by atoms with E-state index in [2.05, 4.69) is 20.4 Å². The number of alkyl halides is 3. The van der Waals surface area contributed by atoms with Gasteiger partial charge >= 0.3 is 12.4 Å². The maximum absolute atomic E-state index is 12.3. The molecule has 0 unspecified atom stereocenters. The molecule has 0 aliphatic heterocycles. The molecule has 2 amide bonds. The van der Waals surface area contributed by atoms with E-state index in [1.54, 1.807) is 0 Å². The van der Waals surface area contributed by atoms with Gasteiger partial charge in [0.05, 0.1) is 17.3 Å². The predicted octanol–water partition coefficient (Wildman–Crippen LogP) is 4.55. The summed E-state index contributed by atoms with van der Waals surface area (Å²) < 4.78 is 46.0. The van der Waals surface area contributed by atoms with Gasteiger partial charge in [-0.15, -0.1) is 13.2 Å². The molecule has 2 aromatic carbocycles. The maximum Gasteiger partial charge on any atom is 0.573 e. The van der Waals surface area contributed by atoms with Gasteiger partial charge in [0.15, 0.2) is 16.6 Å². The first-order valence-electron chi connectivity index (χ1n) is 7.35. The number of nitrogens with zero attached hydrogens (tertiary/aromatic N) is 1. The van der Waals surface area contributed by atoms with E-state index in [-0.39, 0.29) is 22.4 Å². The van der Waals surface area contributed by atoms with Crippen molar-refractivity contribution in [3.63, 3.8) is 0 Å². The molecule has 3 rings (SSSR count). The Hall–Kier alpha value is -3.21. The van der Waals surface area contributed by atoms with Crippen molar-refractivity contribution in [2.24, 2.45) is 0 Å². The van der Waals surface area contributed by atoms with Crippen LogP contribution in [-0.2, 0) is 0 Å². The van der Waals surface area contributed by atoms with Crippen molar-refractivity contribution in [2.75, 3.05) is 17.7 Å². The highest BCUT2D eigenvalue weighted by Crippen LogP contribution is 2.32. The molecule has 3 aromatic rings. The average Bonchev–Trinajstić information content (AvgIpc) is 2.94. The number of hydrogen-bond acceptors (Lipinski definition) is 6. The van der Waals surface area contributed by atoms with E-state index >= 15 is 0 Å². The van der Waals surface area contributed by atoms with Crippen molar-refractivity contribution >= 4 is 38.4 Å². The highest BCUT2D eigenvalue weighted by molar-refractivity contribution is 7.22. The second-order valence-corrected chi connectivity index (χ2v) is 6.19. The van der Waals surface area contributed by atoms with Crippen LogP contribution in [0.1, 0.15) is 0 Å². The van der Waals surface area contributed by atoms with E-state index in [4.69, 9.17) is 4.74 Å². The molecule has 0 spiro atoms. The Labute approximate surface area is 154 Å². The number of phenolic OH excluding ortho intramolecular Hbond substituents is 1. The Bertz CT molecular complexity index is 991. The van der Waals surface area contributed by atoms with Gasteiger partial charge in [0.1, 0.15) is 5.75 Å². The summed E-state index contributed by atoms with van der Waals surface area (Å²) in [5, 5.41) is 14.9. The molecule has 0 fully saturated rings. The molecular formula is C16H12F3N3O4S. The summed E-state index contributed by atoms with van der Waals surface area (Å²) in [6.45, 7) is 0. The summed E-state index contributed by atoms with van der Waals surface area (Å²) in [4.78, 5) is 16.2. The molecule has 0 saturated heterocycles. The Morgan fingerprint density at radius 2 is 1.96 bits per heavy atom. The van der Waals surface area contributed by atoms with E-state index in [1.165, 1.54) is 37.4 Å². The quantitative estimate of drug-likeness (QED) is 0.598. The number of carbonyl (C=O) groups is 1. The van der Waals surface area contributed by atoms with Gasteiger partial charge in [-0.3, -0.25) is 5.32 Å². The fourth-order valence-electron chi connectivity index (χ4n) is 2.18. The van der Waals surface area contributed by atoms with Crippen molar-refractivity contribution in [3.05, 3.63) is 36.4 Å². The zero-order chi connectivity index (χ0) is 19.6. The molecule has 0 atom stereocenters. The van der Waals surface area contributed by atoms with Gasteiger partial charge in [0.25, 0.3) is 0 Å². The molecule has 0 bridgehead atoms. The average molecular weight is 399 g/mol. The van der Waals surface area contributed by atoms with Crippen LogP contribution >= 0.6 is 11.3 Å². The van der Waals surface area contributed by atoms with Crippen LogP contribution < -0.4 is 20.1 Å². The normalized spacial score (nSPS) is 11.3. The molecular weight excluding hydrogens is 387 g/mol. The number of methoxy groups -OCH3 is 1. The number of urea groups is 1. The lowest BCUT2D eigenvalue weighted by atomic mass is 10.3. The van der Waals surface area contributed by atoms with Crippen LogP contribution in [0.25, 0.3) is 10.2 Å². The number of nitrogens with one attached hydrogen (secondary N) is 2. The minimum Gasteiger partial charge on any atom is -0.504 e. The molecule has 0 saturated carbocycles. The zero-order valence-electron chi connectivity index (χ0n) is 13.6. The minimum absolute atomic E-state index is 0.146. The monoisotopic (exact) mass is 399 g/mol. The van der Waals surface area contributed by atoms with Gasteiger partial charge in [-0.25, -0.2) is 9.78 Å². The standard InChI is InChI=1S/C16H12F3N3O4S/c1-25-12-5-2-8(6-11(12)23)20-14(24)22-15-21-10-4-3-9(7-13(10)27-15)26-16(17,18)19/h2-7,23H,1H3,(H2,20,21,22,24). The Kier molecular flexibility index (Phi) is 4.95. The number of halogens is 3. The van der Waals surface area contributed by atoms with Gasteiger partial charge in [-0.2, -0.15) is 0 Å². The van der Waals surface area contributed by atoms with Crippen molar-refractivity contribution in [3.8, 4) is 17.2 Å². The lowest BCUT2D eigenvalue weighted by Crippen LogP contribution is -2.19. The van der Waals surface area contributed by atoms with Gasteiger partial charge in [-0.1, -0.05) is 11.3 Å². The second kappa shape index (κ2) is 7.19. The van der Waals surface area contributed by atoms with Crippen molar-refractivity contribution in [1.82, 2.24) is 4.98 Å². The molecule has 0 aliphatic carbocycles. The first-order chi connectivity index (χ1) is 12.7. The highest BCUT2D eigenvalue weighted by Gasteiger charge is 2.31. The number of fused-ring (bicyclic) bond motifs is 1. The number of thiazole rings is 1. The third-order valence-electron chi connectivity index (χ3n) is 3.25. The first-order valence-corrected chi connectivity index (χ1v) is 8.16. The number of aromatic nitrogens is 1. The van der Waals surface area contributed by atoms with E-state index in [0.29, 0.717) is 15.9 Å².